The largest absolute Gasteiger partial charge is 0.481 e. The van der Waals surface area contributed by atoms with Crippen LogP contribution in [0.2, 0.25) is 0 Å². The van der Waals surface area contributed by atoms with Gasteiger partial charge in [-0.1, -0.05) is 6.07 Å². The predicted octanol–water partition coefficient (Wildman–Crippen LogP) is 0.327. The molecule has 1 fully saturated rings. The van der Waals surface area contributed by atoms with E-state index in [2.05, 4.69) is 10.3 Å². The maximum absolute atomic E-state index is 11.9. The molecule has 0 radical (unpaired) electrons. The molecule has 2 heterocycles. The number of pyridine rings is 1. The standard InChI is InChI=1S/C13H17N3O3/c1-16-11(17)6-5-10(13(16)18)15-8-9-4-3-7-14-12(9)19-2/h3-4,7,10,15H,5-6,8H2,1-2H3. The molecule has 0 bridgehead atoms. The Morgan fingerprint density at radius 2 is 2.32 bits per heavy atom. The molecule has 1 N–H and O–H groups in total. The second-order valence-electron chi connectivity index (χ2n) is 4.43. The number of nitrogens with one attached hydrogen (secondary N) is 1. The van der Waals surface area contributed by atoms with Gasteiger partial charge in [0.2, 0.25) is 17.7 Å². The summed E-state index contributed by atoms with van der Waals surface area (Å²) in [4.78, 5) is 28.6. The first-order chi connectivity index (χ1) is 9.13. The second-order valence-corrected chi connectivity index (χ2v) is 4.43. The number of ether oxygens (including phenoxy) is 1. The summed E-state index contributed by atoms with van der Waals surface area (Å²) in [5.74, 6) is 0.240. The predicted molar refractivity (Wildman–Crippen MR) is 68.4 cm³/mol. The number of nitrogens with zero attached hydrogens (tertiary/aromatic N) is 2. The van der Waals surface area contributed by atoms with Crippen molar-refractivity contribution in [2.75, 3.05) is 14.2 Å². The Balaban J connectivity index is 1.99. The summed E-state index contributed by atoms with van der Waals surface area (Å²) in [5, 5.41) is 3.15. The molecule has 1 aliphatic rings. The smallest absolute Gasteiger partial charge is 0.246 e. The molecule has 1 aromatic heterocycles. The first-order valence-electron chi connectivity index (χ1n) is 6.15. The minimum atomic E-state index is -0.326. The van der Waals surface area contributed by atoms with E-state index >= 15 is 0 Å². The van der Waals surface area contributed by atoms with Gasteiger partial charge in [-0.15, -0.1) is 0 Å². The number of rotatable bonds is 4. The van der Waals surface area contributed by atoms with Crippen molar-refractivity contribution in [3.05, 3.63) is 23.9 Å². The number of aromatic nitrogens is 1. The molecule has 6 nitrogen and oxygen atoms in total. The van der Waals surface area contributed by atoms with Crippen LogP contribution in [-0.2, 0) is 16.1 Å². The van der Waals surface area contributed by atoms with Crippen LogP contribution in [0.3, 0.4) is 0 Å². The van der Waals surface area contributed by atoms with Crippen LogP contribution in [-0.4, -0.2) is 41.9 Å². The Hall–Kier alpha value is -1.95. The molecule has 0 saturated carbocycles. The fraction of sp³-hybridized carbons (Fsp3) is 0.462. The molecular weight excluding hydrogens is 246 g/mol. The molecule has 2 amide bonds. The quantitative estimate of drug-likeness (QED) is 0.792. The molecule has 0 spiro atoms. The minimum absolute atomic E-state index is 0.123. The Morgan fingerprint density at radius 3 is 3.05 bits per heavy atom. The van der Waals surface area contributed by atoms with Crippen molar-refractivity contribution in [2.45, 2.75) is 25.4 Å². The zero-order chi connectivity index (χ0) is 13.8. The lowest BCUT2D eigenvalue weighted by atomic mass is 10.0. The molecular formula is C13H17N3O3. The van der Waals surface area contributed by atoms with Gasteiger partial charge in [0.05, 0.1) is 13.2 Å². The molecule has 102 valence electrons. The van der Waals surface area contributed by atoms with Crippen molar-refractivity contribution in [3.8, 4) is 5.88 Å². The summed E-state index contributed by atoms with van der Waals surface area (Å²) in [6.07, 6.45) is 2.58. The molecule has 1 unspecified atom stereocenters. The number of likely N-dealkylation sites (N-methyl/N-ethyl adjacent to an activating group) is 1. The lowest BCUT2D eigenvalue weighted by Crippen LogP contribution is -2.51. The number of carbonyl (C=O) groups excluding carboxylic acids is 2. The maximum Gasteiger partial charge on any atom is 0.246 e. The molecule has 0 aromatic carbocycles. The summed E-state index contributed by atoms with van der Waals surface area (Å²) in [5.41, 5.74) is 0.886. The topological polar surface area (TPSA) is 71.5 Å². The number of piperidine rings is 1. The van der Waals surface area contributed by atoms with Crippen LogP contribution in [0.4, 0.5) is 0 Å². The summed E-state index contributed by atoms with van der Waals surface area (Å²) in [6, 6.07) is 3.38. The zero-order valence-electron chi connectivity index (χ0n) is 11.0. The van der Waals surface area contributed by atoms with Gasteiger partial charge in [-0.05, 0) is 12.5 Å². The van der Waals surface area contributed by atoms with E-state index in [1.807, 2.05) is 12.1 Å². The number of hydrogen-bond donors (Lipinski definition) is 1. The summed E-state index contributed by atoms with van der Waals surface area (Å²) >= 11 is 0. The van der Waals surface area contributed by atoms with Crippen LogP contribution >= 0.6 is 0 Å². The van der Waals surface area contributed by atoms with Crippen molar-refractivity contribution in [2.24, 2.45) is 0 Å². The number of amides is 2. The van der Waals surface area contributed by atoms with Crippen molar-refractivity contribution < 1.29 is 14.3 Å². The van der Waals surface area contributed by atoms with Gasteiger partial charge >= 0.3 is 0 Å². The van der Waals surface area contributed by atoms with Crippen LogP contribution in [0.5, 0.6) is 5.88 Å². The number of hydrogen-bond acceptors (Lipinski definition) is 5. The molecule has 19 heavy (non-hydrogen) atoms. The molecule has 1 aliphatic heterocycles. The van der Waals surface area contributed by atoms with Crippen molar-refractivity contribution >= 4 is 11.8 Å². The van der Waals surface area contributed by atoms with E-state index < -0.39 is 0 Å². The van der Waals surface area contributed by atoms with Crippen LogP contribution in [0.15, 0.2) is 18.3 Å². The first kappa shape index (κ1) is 13.5. The van der Waals surface area contributed by atoms with E-state index in [0.29, 0.717) is 25.3 Å². The number of carbonyl (C=O) groups is 2. The van der Waals surface area contributed by atoms with Gasteiger partial charge < -0.3 is 10.1 Å². The van der Waals surface area contributed by atoms with Crippen LogP contribution in [0, 0.1) is 0 Å². The average Bonchev–Trinajstić information content (AvgIpc) is 2.44. The first-order valence-corrected chi connectivity index (χ1v) is 6.15. The van der Waals surface area contributed by atoms with E-state index in [1.54, 1.807) is 13.3 Å². The van der Waals surface area contributed by atoms with Crippen LogP contribution in [0.1, 0.15) is 18.4 Å². The Kier molecular flexibility index (Phi) is 4.11. The van der Waals surface area contributed by atoms with Gasteiger partial charge in [-0.25, -0.2) is 4.98 Å². The Labute approximate surface area is 111 Å². The molecule has 1 atom stereocenters. The minimum Gasteiger partial charge on any atom is -0.481 e. The average molecular weight is 263 g/mol. The third-order valence-corrected chi connectivity index (χ3v) is 3.23. The molecule has 0 aliphatic carbocycles. The van der Waals surface area contributed by atoms with E-state index in [-0.39, 0.29) is 17.9 Å². The highest BCUT2D eigenvalue weighted by Gasteiger charge is 2.31. The molecule has 6 heteroatoms. The Bertz CT molecular complexity index is 490. The molecule has 1 saturated heterocycles. The molecule has 2 rings (SSSR count). The molecule has 1 aromatic rings. The van der Waals surface area contributed by atoms with Gasteiger partial charge in [0.25, 0.3) is 0 Å². The van der Waals surface area contributed by atoms with E-state index in [1.165, 1.54) is 11.9 Å². The summed E-state index contributed by atoms with van der Waals surface area (Å²) in [6.45, 7) is 0.482. The van der Waals surface area contributed by atoms with Gasteiger partial charge in [-0.2, -0.15) is 0 Å². The normalized spacial score (nSPS) is 19.7. The fourth-order valence-corrected chi connectivity index (χ4v) is 2.08. The number of likely N-dealkylation sites (tertiary alicyclic amines) is 1. The lowest BCUT2D eigenvalue weighted by Gasteiger charge is -2.28. The fourth-order valence-electron chi connectivity index (χ4n) is 2.08. The SMILES string of the molecule is COc1ncccc1CNC1CCC(=O)N(C)C1=O. The van der Waals surface area contributed by atoms with Gasteiger partial charge in [0.15, 0.2) is 0 Å². The number of imide groups is 1. The van der Waals surface area contributed by atoms with Crippen molar-refractivity contribution in [3.63, 3.8) is 0 Å². The summed E-state index contributed by atoms with van der Waals surface area (Å²) < 4.78 is 5.15. The van der Waals surface area contributed by atoms with Crippen molar-refractivity contribution in [1.29, 1.82) is 0 Å². The second kappa shape index (κ2) is 5.79. The highest BCUT2D eigenvalue weighted by molar-refractivity contribution is 6.00. The summed E-state index contributed by atoms with van der Waals surface area (Å²) in [7, 11) is 3.08. The lowest BCUT2D eigenvalue weighted by molar-refractivity contribution is -0.148. The van der Waals surface area contributed by atoms with Gasteiger partial charge in [0, 0.05) is 31.8 Å². The highest BCUT2D eigenvalue weighted by atomic mass is 16.5. The highest BCUT2D eigenvalue weighted by Crippen LogP contribution is 2.16. The van der Waals surface area contributed by atoms with Crippen LogP contribution < -0.4 is 10.1 Å². The number of methoxy groups -OCH3 is 1. The monoisotopic (exact) mass is 263 g/mol. The van der Waals surface area contributed by atoms with Crippen LogP contribution in [0.25, 0.3) is 0 Å². The Morgan fingerprint density at radius 1 is 1.53 bits per heavy atom. The zero-order valence-corrected chi connectivity index (χ0v) is 11.0. The van der Waals surface area contributed by atoms with Crippen molar-refractivity contribution in [1.82, 2.24) is 15.2 Å². The van der Waals surface area contributed by atoms with Gasteiger partial charge in [0.1, 0.15) is 0 Å². The van der Waals surface area contributed by atoms with E-state index in [4.69, 9.17) is 4.74 Å². The third-order valence-electron chi connectivity index (χ3n) is 3.23. The van der Waals surface area contributed by atoms with Gasteiger partial charge in [-0.3, -0.25) is 14.5 Å². The van der Waals surface area contributed by atoms with E-state index in [9.17, 15) is 9.59 Å². The third kappa shape index (κ3) is 2.90. The maximum atomic E-state index is 11.9. The van der Waals surface area contributed by atoms with E-state index in [0.717, 1.165) is 5.56 Å².